The van der Waals surface area contributed by atoms with Crippen LogP contribution in [0.15, 0.2) is 34.9 Å². The Morgan fingerprint density at radius 1 is 1.06 bits per heavy atom. The topological polar surface area (TPSA) is 26.3 Å². The Hall–Kier alpha value is -1.31. The van der Waals surface area contributed by atoms with Crippen LogP contribution in [0.2, 0.25) is 0 Å². The highest BCUT2D eigenvalue weighted by Crippen LogP contribution is 2.14. The van der Waals surface area contributed by atoms with Gasteiger partial charge >= 0.3 is 5.97 Å². The Morgan fingerprint density at radius 3 is 2.17 bits per heavy atom. The number of hydrogen-bond acceptors (Lipinski definition) is 2. The molecule has 0 aliphatic carbocycles. The van der Waals surface area contributed by atoms with Gasteiger partial charge in [-0.25, -0.2) is 4.79 Å². The predicted molar refractivity (Wildman–Crippen MR) is 77.4 cm³/mol. The monoisotopic (exact) mass is 250 g/mol. The number of hydrogen-bond donors (Lipinski definition) is 0. The number of carbonyl (C=O) groups is 1. The van der Waals surface area contributed by atoms with E-state index < -0.39 is 0 Å². The Bertz CT molecular complexity index is 338. The second-order valence-corrected chi connectivity index (χ2v) is 4.86. The first-order chi connectivity index (χ1) is 8.45. The van der Waals surface area contributed by atoms with Gasteiger partial charge in [-0.15, -0.1) is 0 Å². The van der Waals surface area contributed by atoms with Gasteiger partial charge in [0.15, 0.2) is 0 Å². The van der Waals surface area contributed by atoms with Crippen LogP contribution in [0.25, 0.3) is 0 Å². The lowest BCUT2D eigenvalue weighted by molar-refractivity contribution is -0.137. The van der Waals surface area contributed by atoms with Gasteiger partial charge in [-0.05, 0) is 53.9 Å². The van der Waals surface area contributed by atoms with Gasteiger partial charge < -0.3 is 4.74 Å². The van der Waals surface area contributed by atoms with E-state index in [-0.39, 0.29) is 5.97 Å². The third-order valence-electron chi connectivity index (χ3n) is 2.40. The zero-order chi connectivity index (χ0) is 14.0. The van der Waals surface area contributed by atoms with Gasteiger partial charge in [-0.3, -0.25) is 0 Å². The largest absolute Gasteiger partial charge is 0.463 e. The van der Waals surface area contributed by atoms with Crippen molar-refractivity contribution in [2.75, 3.05) is 6.61 Å². The molecule has 0 unspecified atom stereocenters. The molecule has 0 bridgehead atoms. The van der Waals surface area contributed by atoms with E-state index in [1.165, 1.54) is 11.1 Å². The lowest BCUT2D eigenvalue weighted by Gasteiger charge is -2.04. The molecular weight excluding hydrogens is 224 g/mol. The van der Waals surface area contributed by atoms with Crippen molar-refractivity contribution >= 4 is 5.97 Å². The van der Waals surface area contributed by atoms with E-state index in [0.29, 0.717) is 6.61 Å². The van der Waals surface area contributed by atoms with Crippen molar-refractivity contribution in [3.05, 3.63) is 34.9 Å². The van der Waals surface area contributed by atoms with Crippen LogP contribution in [0.1, 0.15) is 53.9 Å². The lowest BCUT2D eigenvalue weighted by atomic mass is 10.0. The number of ether oxygens (including phenoxy) is 1. The van der Waals surface area contributed by atoms with E-state index in [2.05, 4.69) is 39.8 Å². The van der Waals surface area contributed by atoms with Gasteiger partial charge in [-0.1, -0.05) is 28.9 Å². The minimum atomic E-state index is -0.230. The summed E-state index contributed by atoms with van der Waals surface area (Å²) in [5, 5.41) is 0. The second kappa shape index (κ2) is 9.69. The van der Waals surface area contributed by atoms with E-state index in [4.69, 9.17) is 4.74 Å². The predicted octanol–water partition coefficient (Wildman–Crippen LogP) is 4.58. The van der Waals surface area contributed by atoms with Gasteiger partial charge in [0.05, 0.1) is 6.61 Å². The smallest absolute Gasteiger partial charge is 0.330 e. The van der Waals surface area contributed by atoms with Crippen LogP contribution < -0.4 is 0 Å². The molecule has 0 amide bonds. The van der Waals surface area contributed by atoms with Crippen LogP contribution in [0.5, 0.6) is 0 Å². The molecule has 0 aromatic heterocycles. The van der Waals surface area contributed by atoms with Gasteiger partial charge in [0, 0.05) is 6.08 Å². The van der Waals surface area contributed by atoms with Crippen LogP contribution in [0, 0.1) is 0 Å². The summed E-state index contributed by atoms with van der Waals surface area (Å²) in [6.07, 6.45) is 8.70. The Kier molecular flexibility index (Phi) is 8.99. The fourth-order valence-electron chi connectivity index (χ4n) is 1.47. The van der Waals surface area contributed by atoms with Crippen LogP contribution in [0.4, 0.5) is 0 Å². The van der Waals surface area contributed by atoms with Gasteiger partial charge in [0.2, 0.25) is 0 Å². The first-order valence-corrected chi connectivity index (χ1v) is 6.58. The number of carbonyl (C=O) groups excluding carboxylic acids is 1. The quantitative estimate of drug-likeness (QED) is 0.375. The van der Waals surface area contributed by atoms with E-state index in [0.717, 1.165) is 24.8 Å². The molecule has 0 N–H and O–H groups in total. The van der Waals surface area contributed by atoms with Crippen LogP contribution in [0.3, 0.4) is 0 Å². The maximum absolute atomic E-state index is 11.5. The molecule has 0 fully saturated rings. The van der Waals surface area contributed by atoms with Crippen molar-refractivity contribution in [3.63, 3.8) is 0 Å². The third-order valence-corrected chi connectivity index (χ3v) is 2.40. The molecule has 0 aromatic rings. The molecule has 0 radical (unpaired) electrons. The minimum absolute atomic E-state index is 0.230. The molecular formula is C16H26O2. The maximum atomic E-state index is 11.5. The molecule has 0 atom stereocenters. The summed E-state index contributed by atoms with van der Waals surface area (Å²) in [6, 6.07) is 0. The van der Waals surface area contributed by atoms with Crippen molar-refractivity contribution in [2.45, 2.75) is 53.9 Å². The summed E-state index contributed by atoms with van der Waals surface area (Å²) < 4.78 is 4.96. The molecule has 18 heavy (non-hydrogen) atoms. The normalized spacial score (nSPS) is 10.8. The fraction of sp³-hybridized carbons (Fsp3) is 0.562. The molecule has 2 nitrogen and oxygen atoms in total. The fourth-order valence-corrected chi connectivity index (χ4v) is 1.47. The summed E-state index contributed by atoms with van der Waals surface area (Å²) in [5.74, 6) is -0.230. The lowest BCUT2D eigenvalue weighted by Crippen LogP contribution is -2.01. The van der Waals surface area contributed by atoms with Gasteiger partial charge in [-0.2, -0.15) is 0 Å². The first-order valence-electron chi connectivity index (χ1n) is 6.58. The third kappa shape index (κ3) is 9.88. The van der Waals surface area contributed by atoms with Crippen molar-refractivity contribution < 1.29 is 9.53 Å². The molecule has 0 aromatic carbocycles. The zero-order valence-corrected chi connectivity index (χ0v) is 12.4. The molecule has 0 saturated heterocycles. The van der Waals surface area contributed by atoms with E-state index in [1.807, 2.05) is 6.92 Å². The average molecular weight is 250 g/mol. The summed E-state index contributed by atoms with van der Waals surface area (Å²) in [5.41, 5.74) is 3.71. The molecule has 0 saturated carbocycles. The van der Waals surface area contributed by atoms with Gasteiger partial charge in [0.25, 0.3) is 0 Å². The van der Waals surface area contributed by atoms with Crippen LogP contribution in [-0.2, 0) is 9.53 Å². The molecule has 0 aliphatic rings. The molecule has 0 spiro atoms. The van der Waals surface area contributed by atoms with E-state index in [9.17, 15) is 4.79 Å². The first kappa shape index (κ1) is 16.7. The summed E-state index contributed by atoms with van der Waals surface area (Å²) >= 11 is 0. The van der Waals surface area contributed by atoms with Crippen LogP contribution >= 0.6 is 0 Å². The van der Waals surface area contributed by atoms with E-state index >= 15 is 0 Å². The molecule has 102 valence electrons. The Morgan fingerprint density at radius 2 is 1.67 bits per heavy atom. The van der Waals surface area contributed by atoms with Crippen molar-refractivity contribution in [3.8, 4) is 0 Å². The summed E-state index contributed by atoms with van der Waals surface area (Å²) in [4.78, 5) is 11.5. The molecule has 0 rings (SSSR count). The van der Waals surface area contributed by atoms with Crippen molar-refractivity contribution in [2.24, 2.45) is 0 Å². The minimum Gasteiger partial charge on any atom is -0.463 e. The SMILES string of the molecule is CCOC(=O)C=C(CC=C(C)C)CCC=C(C)C. The Balaban J connectivity index is 4.56. The van der Waals surface area contributed by atoms with Gasteiger partial charge in [0.1, 0.15) is 0 Å². The molecule has 2 heteroatoms. The average Bonchev–Trinajstić information content (AvgIpc) is 2.25. The number of allylic oxidation sites excluding steroid dienone is 5. The Labute approximate surface area is 111 Å². The highest BCUT2D eigenvalue weighted by atomic mass is 16.5. The standard InChI is InChI=1S/C16H26O2/c1-6-18-16(17)12-15(11-10-14(4)5)9-7-8-13(2)3/h8,10,12H,6-7,9,11H2,1-5H3. The van der Waals surface area contributed by atoms with E-state index in [1.54, 1.807) is 6.08 Å². The summed E-state index contributed by atoms with van der Waals surface area (Å²) in [6.45, 7) is 10.6. The summed E-state index contributed by atoms with van der Waals surface area (Å²) in [7, 11) is 0. The molecule has 0 aliphatic heterocycles. The van der Waals surface area contributed by atoms with Crippen molar-refractivity contribution in [1.29, 1.82) is 0 Å². The highest BCUT2D eigenvalue weighted by molar-refractivity contribution is 5.82. The second-order valence-electron chi connectivity index (χ2n) is 4.86. The maximum Gasteiger partial charge on any atom is 0.330 e. The molecule has 0 heterocycles. The number of rotatable bonds is 7. The number of esters is 1. The van der Waals surface area contributed by atoms with Crippen molar-refractivity contribution in [1.82, 2.24) is 0 Å². The highest BCUT2D eigenvalue weighted by Gasteiger charge is 2.01. The zero-order valence-electron chi connectivity index (χ0n) is 12.4. The van der Waals surface area contributed by atoms with Crippen LogP contribution in [-0.4, -0.2) is 12.6 Å².